The van der Waals surface area contributed by atoms with E-state index in [0.29, 0.717) is 6.10 Å². The van der Waals surface area contributed by atoms with Gasteiger partial charge < -0.3 is 0 Å². The lowest BCUT2D eigenvalue weighted by molar-refractivity contribution is -0.209. The van der Waals surface area contributed by atoms with Gasteiger partial charge in [0.1, 0.15) is 0 Å². The molecule has 1 fully saturated rings. The fourth-order valence-electron chi connectivity index (χ4n) is 2.67. The van der Waals surface area contributed by atoms with Crippen molar-refractivity contribution < 1.29 is 4.84 Å². The molecule has 1 saturated heterocycles. The third-order valence-electron chi connectivity index (χ3n) is 3.87. The van der Waals surface area contributed by atoms with Crippen molar-refractivity contribution in [2.45, 2.75) is 90.6 Å². The summed E-state index contributed by atoms with van der Waals surface area (Å²) in [5.74, 6) is 0. The van der Waals surface area contributed by atoms with Gasteiger partial charge in [0.05, 0.1) is 6.10 Å². The van der Waals surface area contributed by atoms with E-state index >= 15 is 0 Å². The molecule has 1 heterocycles. The SMILES string of the molecule is CCCCCC(CCCCC)ON1CCCCC1. The number of unbranched alkanes of at least 4 members (excludes halogenated alkanes) is 4. The number of hydrogen-bond donors (Lipinski definition) is 0. The number of hydroxylamine groups is 2. The fraction of sp³-hybridized carbons (Fsp3) is 1.00. The summed E-state index contributed by atoms with van der Waals surface area (Å²) >= 11 is 0. The van der Waals surface area contributed by atoms with Gasteiger partial charge in [0, 0.05) is 13.1 Å². The lowest BCUT2D eigenvalue weighted by atomic mass is 10.0. The summed E-state index contributed by atoms with van der Waals surface area (Å²) in [6.45, 7) is 6.85. The normalized spacial score (nSPS) is 17.5. The van der Waals surface area contributed by atoms with E-state index in [9.17, 15) is 0 Å². The average molecular weight is 255 g/mol. The highest BCUT2D eigenvalue weighted by Crippen LogP contribution is 2.18. The Bertz CT molecular complexity index is 168. The van der Waals surface area contributed by atoms with E-state index in [1.165, 1.54) is 70.6 Å². The van der Waals surface area contributed by atoms with Crippen LogP contribution in [-0.2, 0) is 4.84 Å². The number of nitrogens with zero attached hydrogens (tertiary/aromatic N) is 1. The fourth-order valence-corrected chi connectivity index (χ4v) is 2.67. The summed E-state index contributed by atoms with van der Waals surface area (Å²) in [5.41, 5.74) is 0. The summed E-state index contributed by atoms with van der Waals surface area (Å²) in [6.07, 6.45) is 15.0. The topological polar surface area (TPSA) is 12.5 Å². The maximum absolute atomic E-state index is 6.22. The quantitative estimate of drug-likeness (QED) is 0.513. The maximum Gasteiger partial charge on any atom is 0.0793 e. The van der Waals surface area contributed by atoms with Crippen molar-refractivity contribution in [3.05, 3.63) is 0 Å². The highest BCUT2D eigenvalue weighted by atomic mass is 16.7. The molecule has 1 rings (SSSR count). The molecule has 108 valence electrons. The molecule has 0 aromatic carbocycles. The molecule has 0 N–H and O–H groups in total. The van der Waals surface area contributed by atoms with E-state index in [-0.39, 0.29) is 0 Å². The van der Waals surface area contributed by atoms with Crippen LogP contribution in [0.3, 0.4) is 0 Å². The van der Waals surface area contributed by atoms with Crippen molar-refractivity contribution in [1.29, 1.82) is 0 Å². The Kier molecular flexibility index (Phi) is 9.59. The Balaban J connectivity index is 2.22. The minimum atomic E-state index is 0.487. The Morgan fingerprint density at radius 3 is 1.89 bits per heavy atom. The van der Waals surface area contributed by atoms with E-state index in [0.717, 1.165) is 13.1 Å². The molecule has 0 aromatic heterocycles. The molecule has 1 aliphatic rings. The van der Waals surface area contributed by atoms with E-state index < -0.39 is 0 Å². The van der Waals surface area contributed by atoms with Gasteiger partial charge in [0.15, 0.2) is 0 Å². The molecule has 2 heteroatoms. The molecule has 0 atom stereocenters. The Hall–Kier alpha value is -0.0800. The highest BCUT2D eigenvalue weighted by Gasteiger charge is 2.16. The molecule has 0 unspecified atom stereocenters. The zero-order valence-corrected chi connectivity index (χ0v) is 12.6. The molecular weight excluding hydrogens is 222 g/mol. The molecule has 18 heavy (non-hydrogen) atoms. The molecule has 0 bridgehead atoms. The third-order valence-corrected chi connectivity index (χ3v) is 3.87. The first-order valence-corrected chi connectivity index (χ1v) is 8.28. The molecule has 0 saturated carbocycles. The van der Waals surface area contributed by atoms with Gasteiger partial charge in [-0.2, -0.15) is 5.06 Å². The predicted molar refractivity (Wildman–Crippen MR) is 78.6 cm³/mol. The predicted octanol–water partition coefficient (Wildman–Crippen LogP) is 4.93. The Labute approximate surface area is 114 Å². The van der Waals surface area contributed by atoms with E-state index in [2.05, 4.69) is 18.9 Å². The van der Waals surface area contributed by atoms with Gasteiger partial charge in [-0.05, 0) is 25.7 Å². The highest BCUT2D eigenvalue weighted by molar-refractivity contribution is 4.62. The number of hydrogen-bond acceptors (Lipinski definition) is 2. The van der Waals surface area contributed by atoms with Crippen LogP contribution in [0.5, 0.6) is 0 Å². The maximum atomic E-state index is 6.22. The van der Waals surface area contributed by atoms with Crippen molar-refractivity contribution in [3.63, 3.8) is 0 Å². The van der Waals surface area contributed by atoms with Crippen LogP contribution in [0, 0.1) is 0 Å². The van der Waals surface area contributed by atoms with Gasteiger partial charge in [0.2, 0.25) is 0 Å². The van der Waals surface area contributed by atoms with Crippen LogP contribution in [0.2, 0.25) is 0 Å². The van der Waals surface area contributed by atoms with Crippen LogP contribution in [0.4, 0.5) is 0 Å². The molecule has 0 aliphatic carbocycles. The summed E-state index contributed by atoms with van der Waals surface area (Å²) in [5, 5.41) is 2.24. The van der Waals surface area contributed by atoms with Crippen LogP contribution in [0.15, 0.2) is 0 Å². The molecule has 0 amide bonds. The zero-order valence-electron chi connectivity index (χ0n) is 12.6. The molecule has 0 aromatic rings. The first kappa shape index (κ1) is 16.0. The summed E-state index contributed by atoms with van der Waals surface area (Å²) < 4.78 is 0. The van der Waals surface area contributed by atoms with Gasteiger partial charge in [-0.1, -0.05) is 58.8 Å². The van der Waals surface area contributed by atoms with Crippen molar-refractivity contribution >= 4 is 0 Å². The van der Waals surface area contributed by atoms with Crippen LogP contribution in [0.1, 0.15) is 84.5 Å². The summed E-state index contributed by atoms with van der Waals surface area (Å²) in [4.78, 5) is 6.22. The zero-order chi connectivity index (χ0) is 13.1. The minimum Gasteiger partial charge on any atom is -0.296 e. The van der Waals surface area contributed by atoms with Crippen LogP contribution in [0.25, 0.3) is 0 Å². The van der Waals surface area contributed by atoms with Gasteiger partial charge in [0.25, 0.3) is 0 Å². The van der Waals surface area contributed by atoms with Crippen LogP contribution >= 0.6 is 0 Å². The van der Waals surface area contributed by atoms with E-state index in [4.69, 9.17) is 4.84 Å². The van der Waals surface area contributed by atoms with Crippen molar-refractivity contribution in [3.8, 4) is 0 Å². The number of piperidine rings is 1. The Morgan fingerprint density at radius 2 is 1.39 bits per heavy atom. The largest absolute Gasteiger partial charge is 0.296 e. The standard InChI is InChI=1S/C16H33NO/c1-3-5-8-12-16(13-9-6-4-2)18-17-14-10-7-11-15-17/h16H,3-15H2,1-2H3. The molecule has 2 nitrogen and oxygen atoms in total. The first-order valence-electron chi connectivity index (χ1n) is 8.28. The van der Waals surface area contributed by atoms with Crippen LogP contribution < -0.4 is 0 Å². The smallest absolute Gasteiger partial charge is 0.0793 e. The van der Waals surface area contributed by atoms with Crippen LogP contribution in [-0.4, -0.2) is 24.3 Å². The van der Waals surface area contributed by atoms with E-state index in [1.807, 2.05) is 0 Å². The third kappa shape index (κ3) is 7.38. The summed E-state index contributed by atoms with van der Waals surface area (Å²) in [7, 11) is 0. The van der Waals surface area contributed by atoms with Crippen molar-refractivity contribution in [1.82, 2.24) is 5.06 Å². The molecule has 0 radical (unpaired) electrons. The van der Waals surface area contributed by atoms with Crippen molar-refractivity contribution in [2.75, 3.05) is 13.1 Å². The lowest BCUT2D eigenvalue weighted by Crippen LogP contribution is -2.34. The molecular formula is C16H33NO. The Morgan fingerprint density at radius 1 is 0.833 bits per heavy atom. The first-order chi connectivity index (χ1) is 8.86. The average Bonchev–Trinajstić information content (AvgIpc) is 2.40. The molecule has 0 spiro atoms. The van der Waals surface area contributed by atoms with Gasteiger partial charge >= 0.3 is 0 Å². The van der Waals surface area contributed by atoms with Gasteiger partial charge in [-0.25, -0.2) is 0 Å². The molecule has 1 aliphatic heterocycles. The minimum absolute atomic E-state index is 0.487. The summed E-state index contributed by atoms with van der Waals surface area (Å²) in [6, 6.07) is 0. The van der Waals surface area contributed by atoms with Gasteiger partial charge in [-0.3, -0.25) is 4.84 Å². The van der Waals surface area contributed by atoms with Crippen molar-refractivity contribution in [2.24, 2.45) is 0 Å². The number of rotatable bonds is 10. The van der Waals surface area contributed by atoms with Gasteiger partial charge in [-0.15, -0.1) is 0 Å². The second-order valence-electron chi connectivity index (χ2n) is 5.71. The second kappa shape index (κ2) is 10.8. The van der Waals surface area contributed by atoms with E-state index in [1.54, 1.807) is 0 Å². The second-order valence-corrected chi connectivity index (χ2v) is 5.71. The lowest BCUT2D eigenvalue weighted by Gasteiger charge is -2.30. The monoisotopic (exact) mass is 255 g/mol.